The van der Waals surface area contributed by atoms with E-state index in [1.54, 1.807) is 18.2 Å². The topological polar surface area (TPSA) is 98.6 Å². The van der Waals surface area contributed by atoms with Crippen molar-refractivity contribution in [3.8, 4) is 5.75 Å². The number of carbonyl (C=O) groups excluding carboxylic acids is 2. The lowest BCUT2D eigenvalue weighted by Gasteiger charge is -2.21. The number of primary amides is 1. The van der Waals surface area contributed by atoms with Crippen LogP contribution in [0.3, 0.4) is 0 Å². The van der Waals surface area contributed by atoms with Crippen molar-refractivity contribution < 1.29 is 14.3 Å². The van der Waals surface area contributed by atoms with Crippen LogP contribution in [-0.4, -0.2) is 36.4 Å². The van der Waals surface area contributed by atoms with Crippen LogP contribution in [-0.2, 0) is 4.79 Å². The van der Waals surface area contributed by atoms with Crippen LogP contribution < -0.4 is 16.2 Å². The Kier molecular flexibility index (Phi) is 6.52. The van der Waals surface area contributed by atoms with Crippen molar-refractivity contribution in [1.82, 2.24) is 4.90 Å². The van der Waals surface area contributed by atoms with E-state index in [1.807, 2.05) is 13.8 Å². The molecule has 4 N–H and O–H groups in total. The molecule has 0 aliphatic heterocycles. The van der Waals surface area contributed by atoms with Crippen molar-refractivity contribution in [1.29, 1.82) is 0 Å². The van der Waals surface area contributed by atoms with E-state index in [4.69, 9.17) is 16.2 Å². The van der Waals surface area contributed by atoms with Gasteiger partial charge >= 0.3 is 0 Å². The summed E-state index contributed by atoms with van der Waals surface area (Å²) in [4.78, 5) is 25.0. The number of nitrogens with zero attached hydrogens (tertiary/aromatic N) is 1. The molecule has 0 bridgehead atoms. The van der Waals surface area contributed by atoms with E-state index in [0.29, 0.717) is 30.2 Å². The standard InChI is InChI=1S/C15H23N3O3/c1-3-5-8-18(10-14(17)19)15(20)11-6-7-13(21-4-2)12(16)9-11/h6-7,9H,3-5,8,10,16H2,1-2H3,(H2,17,19). The summed E-state index contributed by atoms with van der Waals surface area (Å²) in [6, 6.07) is 4.87. The lowest BCUT2D eigenvalue weighted by atomic mass is 10.1. The molecule has 2 amide bonds. The molecule has 21 heavy (non-hydrogen) atoms. The maximum absolute atomic E-state index is 12.4. The molecule has 0 aromatic heterocycles. The molecular weight excluding hydrogens is 270 g/mol. The Morgan fingerprint density at radius 1 is 1.29 bits per heavy atom. The van der Waals surface area contributed by atoms with E-state index in [-0.39, 0.29) is 12.5 Å². The lowest BCUT2D eigenvalue weighted by molar-refractivity contribution is -0.118. The van der Waals surface area contributed by atoms with E-state index in [1.165, 1.54) is 4.90 Å². The van der Waals surface area contributed by atoms with E-state index in [0.717, 1.165) is 12.8 Å². The number of rotatable bonds is 8. The zero-order valence-electron chi connectivity index (χ0n) is 12.6. The first-order valence-electron chi connectivity index (χ1n) is 7.09. The van der Waals surface area contributed by atoms with Crippen LogP contribution >= 0.6 is 0 Å². The number of benzene rings is 1. The fourth-order valence-corrected chi connectivity index (χ4v) is 1.94. The zero-order chi connectivity index (χ0) is 15.8. The van der Waals surface area contributed by atoms with E-state index >= 15 is 0 Å². The third-order valence-electron chi connectivity index (χ3n) is 2.97. The van der Waals surface area contributed by atoms with Gasteiger partial charge in [0.2, 0.25) is 5.91 Å². The molecule has 6 nitrogen and oxygen atoms in total. The van der Waals surface area contributed by atoms with Gasteiger partial charge in [0.25, 0.3) is 5.91 Å². The average molecular weight is 293 g/mol. The monoisotopic (exact) mass is 293 g/mol. The third kappa shape index (κ3) is 4.98. The molecule has 1 aromatic rings. The number of amides is 2. The molecule has 0 aliphatic rings. The Hall–Kier alpha value is -2.24. The zero-order valence-corrected chi connectivity index (χ0v) is 12.6. The number of ether oxygens (including phenoxy) is 1. The van der Waals surface area contributed by atoms with Crippen molar-refractivity contribution >= 4 is 17.5 Å². The van der Waals surface area contributed by atoms with E-state index < -0.39 is 5.91 Å². The van der Waals surface area contributed by atoms with E-state index in [2.05, 4.69) is 0 Å². The Bertz CT molecular complexity index is 503. The number of hydrogen-bond donors (Lipinski definition) is 2. The van der Waals surface area contributed by atoms with Crippen LogP contribution in [0.2, 0.25) is 0 Å². The highest BCUT2D eigenvalue weighted by atomic mass is 16.5. The van der Waals surface area contributed by atoms with Crippen molar-refractivity contribution in [3.05, 3.63) is 23.8 Å². The maximum Gasteiger partial charge on any atom is 0.254 e. The molecule has 1 aromatic carbocycles. The number of anilines is 1. The molecule has 0 saturated heterocycles. The highest BCUT2D eigenvalue weighted by Crippen LogP contribution is 2.23. The highest BCUT2D eigenvalue weighted by molar-refractivity contribution is 5.97. The SMILES string of the molecule is CCCCN(CC(N)=O)C(=O)c1ccc(OCC)c(N)c1. The van der Waals surface area contributed by atoms with Gasteiger partial charge in [-0.3, -0.25) is 9.59 Å². The first kappa shape index (κ1) is 16.8. The molecule has 0 saturated carbocycles. The van der Waals surface area contributed by atoms with Gasteiger partial charge in [-0.1, -0.05) is 13.3 Å². The Morgan fingerprint density at radius 3 is 2.52 bits per heavy atom. The van der Waals surface area contributed by atoms with Crippen LogP contribution in [0.15, 0.2) is 18.2 Å². The summed E-state index contributed by atoms with van der Waals surface area (Å²) < 4.78 is 5.34. The third-order valence-corrected chi connectivity index (χ3v) is 2.97. The van der Waals surface area contributed by atoms with Gasteiger partial charge in [-0.05, 0) is 31.5 Å². The van der Waals surface area contributed by atoms with Gasteiger partial charge in [0.1, 0.15) is 5.75 Å². The Balaban J connectivity index is 2.91. The van der Waals surface area contributed by atoms with Gasteiger partial charge in [0.05, 0.1) is 18.8 Å². The molecule has 0 aliphatic carbocycles. The van der Waals surface area contributed by atoms with Crippen LogP contribution in [0.4, 0.5) is 5.69 Å². The number of nitrogen functional groups attached to an aromatic ring is 1. The largest absolute Gasteiger partial charge is 0.492 e. The summed E-state index contributed by atoms with van der Waals surface area (Å²) >= 11 is 0. The fourth-order valence-electron chi connectivity index (χ4n) is 1.94. The molecular formula is C15H23N3O3. The maximum atomic E-state index is 12.4. The minimum Gasteiger partial charge on any atom is -0.492 e. The van der Waals surface area contributed by atoms with Gasteiger partial charge in [-0.2, -0.15) is 0 Å². The van der Waals surface area contributed by atoms with Gasteiger partial charge < -0.3 is 21.1 Å². The molecule has 0 fully saturated rings. The first-order valence-corrected chi connectivity index (χ1v) is 7.09. The molecule has 0 unspecified atom stereocenters. The average Bonchev–Trinajstić information content (AvgIpc) is 2.44. The van der Waals surface area contributed by atoms with Crippen LogP contribution in [0.5, 0.6) is 5.75 Å². The Labute approximate surface area is 125 Å². The summed E-state index contributed by atoms with van der Waals surface area (Å²) in [5.41, 5.74) is 11.9. The first-order chi connectivity index (χ1) is 9.99. The molecule has 1 rings (SSSR count). The van der Waals surface area contributed by atoms with Gasteiger partial charge in [0.15, 0.2) is 0 Å². The summed E-state index contributed by atoms with van der Waals surface area (Å²) in [5, 5.41) is 0. The number of nitrogens with two attached hydrogens (primary N) is 2. The van der Waals surface area contributed by atoms with Crippen molar-refractivity contribution in [2.75, 3.05) is 25.4 Å². The van der Waals surface area contributed by atoms with Gasteiger partial charge in [-0.15, -0.1) is 0 Å². The second-order valence-electron chi connectivity index (χ2n) is 4.73. The number of carbonyl (C=O) groups is 2. The predicted octanol–water partition coefficient (Wildman–Crippen LogP) is 1.40. The van der Waals surface area contributed by atoms with Crippen LogP contribution in [0.1, 0.15) is 37.0 Å². The molecule has 0 radical (unpaired) electrons. The molecule has 6 heteroatoms. The number of unbranched alkanes of at least 4 members (excludes halogenated alkanes) is 1. The minimum atomic E-state index is -0.529. The predicted molar refractivity (Wildman–Crippen MR) is 82.0 cm³/mol. The van der Waals surface area contributed by atoms with Crippen LogP contribution in [0.25, 0.3) is 0 Å². The second-order valence-corrected chi connectivity index (χ2v) is 4.73. The van der Waals surface area contributed by atoms with Crippen molar-refractivity contribution in [2.45, 2.75) is 26.7 Å². The van der Waals surface area contributed by atoms with Gasteiger partial charge in [-0.25, -0.2) is 0 Å². The summed E-state index contributed by atoms with van der Waals surface area (Å²) in [7, 11) is 0. The summed E-state index contributed by atoms with van der Waals surface area (Å²) in [6.45, 7) is 4.78. The smallest absolute Gasteiger partial charge is 0.254 e. The second kappa shape index (κ2) is 8.14. The summed E-state index contributed by atoms with van der Waals surface area (Å²) in [6.07, 6.45) is 1.74. The summed E-state index contributed by atoms with van der Waals surface area (Å²) in [5.74, 6) is -0.237. The molecule has 0 atom stereocenters. The van der Waals surface area contributed by atoms with Gasteiger partial charge in [0, 0.05) is 12.1 Å². The molecule has 116 valence electrons. The normalized spacial score (nSPS) is 10.2. The minimum absolute atomic E-state index is 0.0913. The molecule has 0 spiro atoms. The Morgan fingerprint density at radius 2 is 2.00 bits per heavy atom. The van der Waals surface area contributed by atoms with Crippen LogP contribution in [0, 0.1) is 0 Å². The lowest BCUT2D eigenvalue weighted by Crippen LogP contribution is -2.39. The fraction of sp³-hybridized carbons (Fsp3) is 0.467. The van der Waals surface area contributed by atoms with Crippen molar-refractivity contribution in [3.63, 3.8) is 0 Å². The van der Waals surface area contributed by atoms with Crippen molar-refractivity contribution in [2.24, 2.45) is 5.73 Å². The highest BCUT2D eigenvalue weighted by Gasteiger charge is 2.18. The quantitative estimate of drug-likeness (QED) is 0.708. The van der Waals surface area contributed by atoms with E-state index in [9.17, 15) is 9.59 Å². The molecule has 0 heterocycles. The number of hydrogen-bond acceptors (Lipinski definition) is 4.